The van der Waals surface area contributed by atoms with Gasteiger partial charge in [-0.15, -0.1) is 0 Å². The van der Waals surface area contributed by atoms with Gasteiger partial charge in [0.1, 0.15) is 6.04 Å². The van der Waals surface area contributed by atoms with Crippen molar-refractivity contribution in [1.82, 2.24) is 9.80 Å². The quantitative estimate of drug-likeness (QED) is 0.845. The molecule has 0 aromatic carbocycles. The lowest BCUT2D eigenvalue weighted by Gasteiger charge is -2.35. The van der Waals surface area contributed by atoms with Crippen LogP contribution in [0.3, 0.4) is 0 Å². The van der Waals surface area contributed by atoms with Crippen molar-refractivity contribution >= 4 is 17.8 Å². The van der Waals surface area contributed by atoms with Gasteiger partial charge < -0.3 is 14.9 Å². The molecule has 2 aliphatic heterocycles. The largest absolute Gasteiger partial charge is 0.480 e. The second-order valence-electron chi connectivity index (χ2n) is 8.03. The van der Waals surface area contributed by atoms with E-state index in [0.717, 1.165) is 51.5 Å². The maximum Gasteiger partial charge on any atom is 0.326 e. The van der Waals surface area contributed by atoms with Gasteiger partial charge in [0.05, 0.1) is 5.92 Å². The highest BCUT2D eigenvalue weighted by Crippen LogP contribution is 2.43. The number of carbonyl (C=O) groups is 3. The van der Waals surface area contributed by atoms with E-state index in [4.69, 9.17) is 0 Å². The number of amides is 2. The zero-order valence-electron chi connectivity index (χ0n) is 14.0. The van der Waals surface area contributed by atoms with E-state index in [-0.39, 0.29) is 29.6 Å². The molecule has 2 aliphatic carbocycles. The van der Waals surface area contributed by atoms with Crippen molar-refractivity contribution < 1.29 is 19.5 Å². The predicted octanol–water partition coefficient (Wildman–Crippen LogP) is 1.35. The van der Waals surface area contributed by atoms with Crippen molar-refractivity contribution in [2.45, 2.75) is 51.0 Å². The maximum absolute atomic E-state index is 13.0. The molecule has 0 aromatic rings. The van der Waals surface area contributed by atoms with Crippen LogP contribution in [0.5, 0.6) is 0 Å². The molecular weight excluding hydrogens is 308 g/mol. The van der Waals surface area contributed by atoms with Gasteiger partial charge in [-0.05, 0) is 50.4 Å². The van der Waals surface area contributed by atoms with Crippen LogP contribution in [-0.2, 0) is 14.4 Å². The lowest BCUT2D eigenvalue weighted by Crippen LogP contribution is -2.50. The fourth-order valence-corrected chi connectivity index (χ4v) is 5.05. The van der Waals surface area contributed by atoms with Gasteiger partial charge in [-0.2, -0.15) is 0 Å². The second kappa shape index (κ2) is 6.05. The van der Waals surface area contributed by atoms with E-state index in [0.29, 0.717) is 19.0 Å². The van der Waals surface area contributed by atoms with Gasteiger partial charge in [-0.25, -0.2) is 4.79 Å². The van der Waals surface area contributed by atoms with Crippen LogP contribution in [0.4, 0.5) is 0 Å². The van der Waals surface area contributed by atoms with E-state index in [1.165, 1.54) is 0 Å². The number of carbonyl (C=O) groups excluding carboxylic acids is 2. The van der Waals surface area contributed by atoms with Gasteiger partial charge in [-0.3, -0.25) is 9.59 Å². The van der Waals surface area contributed by atoms with E-state index in [1.54, 1.807) is 4.90 Å². The first-order valence-electron chi connectivity index (χ1n) is 9.38. The van der Waals surface area contributed by atoms with E-state index in [2.05, 4.69) is 0 Å². The molecule has 4 atom stereocenters. The summed E-state index contributed by atoms with van der Waals surface area (Å²) in [4.78, 5) is 40.5. The lowest BCUT2D eigenvalue weighted by molar-refractivity contribution is -0.153. The minimum absolute atomic E-state index is 0.0369. The van der Waals surface area contributed by atoms with Crippen LogP contribution in [-0.4, -0.2) is 58.4 Å². The summed E-state index contributed by atoms with van der Waals surface area (Å²) in [7, 11) is 0. The maximum atomic E-state index is 13.0. The summed E-state index contributed by atoms with van der Waals surface area (Å²) in [5.74, 6) is -0.272. The number of aliphatic carboxylic acids is 1. The Kier molecular flexibility index (Phi) is 4.01. The normalized spacial score (nSPS) is 35.8. The van der Waals surface area contributed by atoms with Crippen molar-refractivity contribution in [1.29, 1.82) is 0 Å². The second-order valence-corrected chi connectivity index (χ2v) is 8.03. The van der Waals surface area contributed by atoms with Crippen LogP contribution in [0.2, 0.25) is 0 Å². The molecule has 0 bridgehead atoms. The molecule has 0 spiro atoms. The summed E-state index contributed by atoms with van der Waals surface area (Å²) >= 11 is 0. The molecule has 0 radical (unpaired) electrons. The molecule has 4 fully saturated rings. The van der Waals surface area contributed by atoms with Gasteiger partial charge >= 0.3 is 5.97 Å². The van der Waals surface area contributed by atoms with E-state index < -0.39 is 12.0 Å². The standard InChI is InChI=1S/C18H26N2O4/c21-16(11-6-7-11)19-8-2-4-13(9-19)17(22)20-10-12-3-1-5-14(12)15(20)18(23)24/h11-15H,1-10H2,(H,23,24). The van der Waals surface area contributed by atoms with Crippen LogP contribution in [0, 0.1) is 23.7 Å². The third-order valence-electron chi connectivity index (χ3n) is 6.44. The third-order valence-corrected chi connectivity index (χ3v) is 6.44. The van der Waals surface area contributed by atoms with E-state index in [1.807, 2.05) is 4.90 Å². The highest BCUT2D eigenvalue weighted by molar-refractivity contribution is 5.87. The Bertz CT molecular complexity index is 559. The summed E-state index contributed by atoms with van der Waals surface area (Å²) in [6, 6.07) is -0.653. The number of rotatable bonds is 3. The Morgan fingerprint density at radius 3 is 2.33 bits per heavy atom. The van der Waals surface area contributed by atoms with Crippen LogP contribution >= 0.6 is 0 Å². The van der Waals surface area contributed by atoms with Crippen molar-refractivity contribution in [2.75, 3.05) is 19.6 Å². The first-order valence-corrected chi connectivity index (χ1v) is 9.38. The number of hydrogen-bond acceptors (Lipinski definition) is 3. The fourth-order valence-electron chi connectivity index (χ4n) is 5.05. The summed E-state index contributed by atoms with van der Waals surface area (Å²) in [6.45, 7) is 1.81. The van der Waals surface area contributed by atoms with Gasteiger partial charge in [-0.1, -0.05) is 6.42 Å². The Morgan fingerprint density at radius 1 is 0.833 bits per heavy atom. The number of fused-ring (bicyclic) bond motifs is 1. The summed E-state index contributed by atoms with van der Waals surface area (Å²) in [5, 5.41) is 9.64. The average Bonchev–Trinajstić information content (AvgIpc) is 3.21. The first-order chi connectivity index (χ1) is 11.6. The van der Waals surface area contributed by atoms with Gasteiger partial charge in [0.25, 0.3) is 0 Å². The third kappa shape index (κ3) is 2.70. The Hall–Kier alpha value is -1.59. The van der Waals surface area contributed by atoms with Crippen molar-refractivity contribution in [2.24, 2.45) is 23.7 Å². The minimum Gasteiger partial charge on any atom is -0.480 e. The summed E-state index contributed by atoms with van der Waals surface area (Å²) in [6.07, 6.45) is 6.60. The van der Waals surface area contributed by atoms with Crippen molar-refractivity contribution in [3.8, 4) is 0 Å². The van der Waals surface area contributed by atoms with Crippen LogP contribution in [0.15, 0.2) is 0 Å². The molecule has 4 unspecified atom stereocenters. The van der Waals surface area contributed by atoms with Crippen LogP contribution in [0.25, 0.3) is 0 Å². The van der Waals surface area contributed by atoms with Crippen LogP contribution < -0.4 is 0 Å². The Labute approximate surface area is 142 Å². The Morgan fingerprint density at radius 2 is 1.62 bits per heavy atom. The van der Waals surface area contributed by atoms with E-state index in [9.17, 15) is 19.5 Å². The highest BCUT2D eigenvalue weighted by atomic mass is 16.4. The van der Waals surface area contributed by atoms with Crippen LogP contribution in [0.1, 0.15) is 44.9 Å². The zero-order chi connectivity index (χ0) is 16.8. The average molecular weight is 334 g/mol. The number of carboxylic acids is 1. The zero-order valence-corrected chi connectivity index (χ0v) is 14.0. The number of carboxylic acid groups (broad SMARTS) is 1. The lowest BCUT2D eigenvalue weighted by atomic mass is 9.93. The number of nitrogens with zero attached hydrogens (tertiary/aromatic N) is 2. The molecule has 2 saturated carbocycles. The van der Waals surface area contributed by atoms with Gasteiger partial charge in [0.2, 0.25) is 11.8 Å². The molecule has 0 aromatic heterocycles. The molecule has 4 rings (SSSR count). The molecule has 2 amide bonds. The fraction of sp³-hybridized carbons (Fsp3) is 0.833. The molecule has 2 saturated heterocycles. The SMILES string of the molecule is O=C(O)C1C2CCCC2CN1C(=O)C1CCCN(C(=O)C2CC2)C1. The van der Waals surface area contributed by atoms with E-state index >= 15 is 0 Å². The molecule has 6 nitrogen and oxygen atoms in total. The monoisotopic (exact) mass is 334 g/mol. The highest BCUT2D eigenvalue weighted by Gasteiger charge is 2.51. The predicted molar refractivity (Wildman–Crippen MR) is 86.0 cm³/mol. The van der Waals surface area contributed by atoms with Gasteiger partial charge in [0, 0.05) is 25.6 Å². The molecule has 1 N–H and O–H groups in total. The molecular formula is C18H26N2O4. The molecule has 24 heavy (non-hydrogen) atoms. The number of piperidine rings is 1. The summed E-state index contributed by atoms with van der Waals surface area (Å²) in [5.41, 5.74) is 0. The Balaban J connectivity index is 1.46. The molecule has 6 heteroatoms. The topological polar surface area (TPSA) is 77.9 Å². The van der Waals surface area contributed by atoms with Gasteiger partial charge in [0.15, 0.2) is 0 Å². The van der Waals surface area contributed by atoms with Crippen molar-refractivity contribution in [3.63, 3.8) is 0 Å². The number of likely N-dealkylation sites (tertiary alicyclic amines) is 2. The first kappa shape index (κ1) is 15.9. The molecule has 132 valence electrons. The molecule has 2 heterocycles. The molecule has 4 aliphatic rings. The summed E-state index contributed by atoms with van der Waals surface area (Å²) < 4.78 is 0. The number of hydrogen-bond donors (Lipinski definition) is 1. The van der Waals surface area contributed by atoms with Crippen molar-refractivity contribution in [3.05, 3.63) is 0 Å². The minimum atomic E-state index is -0.862. The smallest absolute Gasteiger partial charge is 0.326 e.